The summed E-state index contributed by atoms with van der Waals surface area (Å²) >= 11 is 0. The molecule has 0 saturated heterocycles. The normalized spacial score (nSPS) is 16.6. The van der Waals surface area contributed by atoms with E-state index in [1.165, 1.54) is 24.0 Å². The van der Waals surface area contributed by atoms with Gasteiger partial charge in [0.05, 0.1) is 6.61 Å². The van der Waals surface area contributed by atoms with Gasteiger partial charge in [-0.25, -0.2) is 0 Å². The van der Waals surface area contributed by atoms with Gasteiger partial charge in [0.1, 0.15) is 5.75 Å². The largest absolute Gasteiger partial charge is 0.467 e. The van der Waals surface area contributed by atoms with Crippen molar-refractivity contribution in [1.82, 2.24) is 5.32 Å². The zero-order valence-electron chi connectivity index (χ0n) is 11.5. The molecule has 1 atom stereocenters. The van der Waals surface area contributed by atoms with Crippen molar-refractivity contribution >= 4 is 0 Å². The number of hydrogen-bond donors (Lipinski definition) is 1. The fraction of sp³-hybridized carbons (Fsp3) is 0.600. The smallest absolute Gasteiger partial charge is 0.189 e. The molecule has 1 aliphatic carbocycles. The highest BCUT2D eigenvalue weighted by atomic mass is 16.7. The minimum absolute atomic E-state index is 0.281. The maximum atomic E-state index is 5.73. The molecule has 0 aromatic heterocycles. The first-order valence-corrected chi connectivity index (χ1v) is 6.69. The molecule has 100 valence electrons. The molecular weight excluding hydrogens is 226 g/mol. The number of ether oxygens (including phenoxy) is 2. The van der Waals surface area contributed by atoms with E-state index in [0.717, 1.165) is 18.3 Å². The maximum absolute atomic E-state index is 5.73. The van der Waals surface area contributed by atoms with Crippen LogP contribution in [0, 0.1) is 12.8 Å². The molecular formula is C15H23NO2. The van der Waals surface area contributed by atoms with E-state index in [0.29, 0.717) is 6.79 Å². The van der Waals surface area contributed by atoms with E-state index in [-0.39, 0.29) is 6.04 Å². The van der Waals surface area contributed by atoms with Crippen LogP contribution in [-0.2, 0) is 4.74 Å². The lowest BCUT2D eigenvalue weighted by atomic mass is 10.0. The van der Waals surface area contributed by atoms with Gasteiger partial charge in [-0.1, -0.05) is 17.7 Å². The molecule has 0 spiro atoms. The van der Waals surface area contributed by atoms with Gasteiger partial charge in [-0.05, 0) is 45.7 Å². The van der Waals surface area contributed by atoms with Crippen LogP contribution in [0.5, 0.6) is 5.75 Å². The summed E-state index contributed by atoms with van der Waals surface area (Å²) in [7, 11) is 1.96. The lowest BCUT2D eigenvalue weighted by molar-refractivity contribution is 0.00925. The van der Waals surface area contributed by atoms with Crippen molar-refractivity contribution in [2.24, 2.45) is 5.92 Å². The minimum Gasteiger partial charge on any atom is -0.467 e. The summed E-state index contributed by atoms with van der Waals surface area (Å²) < 4.78 is 11.2. The number of benzene rings is 1. The van der Waals surface area contributed by atoms with Crippen LogP contribution in [0.1, 0.15) is 36.9 Å². The van der Waals surface area contributed by atoms with Crippen molar-refractivity contribution in [3.63, 3.8) is 0 Å². The van der Waals surface area contributed by atoms with Gasteiger partial charge in [-0.15, -0.1) is 0 Å². The Morgan fingerprint density at radius 1 is 1.39 bits per heavy atom. The molecule has 0 radical (unpaired) electrons. The highest BCUT2D eigenvalue weighted by Crippen LogP contribution is 2.29. The van der Waals surface area contributed by atoms with Crippen molar-refractivity contribution in [3.05, 3.63) is 29.3 Å². The second-order valence-electron chi connectivity index (χ2n) is 5.13. The lowest BCUT2D eigenvalue weighted by Crippen LogP contribution is -2.15. The third kappa shape index (κ3) is 3.72. The Morgan fingerprint density at radius 3 is 2.83 bits per heavy atom. The molecule has 0 bridgehead atoms. The van der Waals surface area contributed by atoms with Gasteiger partial charge in [-0.2, -0.15) is 0 Å². The van der Waals surface area contributed by atoms with E-state index in [4.69, 9.17) is 9.47 Å². The Hall–Kier alpha value is -1.06. The summed E-state index contributed by atoms with van der Waals surface area (Å²) in [6.45, 7) is 5.41. The highest BCUT2D eigenvalue weighted by molar-refractivity contribution is 5.38. The SMILES string of the molecule is CNC(C)c1cc(C)ccc1OCOCC1CC1. The van der Waals surface area contributed by atoms with Gasteiger partial charge >= 0.3 is 0 Å². The van der Waals surface area contributed by atoms with Crippen molar-refractivity contribution in [2.45, 2.75) is 32.7 Å². The number of rotatable bonds is 7. The average Bonchev–Trinajstić information content (AvgIpc) is 3.19. The molecule has 3 heteroatoms. The predicted molar refractivity (Wildman–Crippen MR) is 72.8 cm³/mol. The molecule has 1 aromatic rings. The van der Waals surface area contributed by atoms with Crippen LogP contribution in [0.25, 0.3) is 0 Å². The predicted octanol–water partition coefficient (Wildman–Crippen LogP) is 3.04. The van der Waals surface area contributed by atoms with Crippen molar-refractivity contribution in [2.75, 3.05) is 20.4 Å². The molecule has 0 aliphatic heterocycles. The summed E-state index contributed by atoms with van der Waals surface area (Å²) in [5.41, 5.74) is 2.44. The maximum Gasteiger partial charge on any atom is 0.189 e. The van der Waals surface area contributed by atoms with Crippen molar-refractivity contribution in [3.8, 4) is 5.75 Å². The Bertz CT molecular complexity index is 388. The van der Waals surface area contributed by atoms with E-state index in [2.05, 4.69) is 31.3 Å². The van der Waals surface area contributed by atoms with Crippen LogP contribution >= 0.6 is 0 Å². The molecule has 3 nitrogen and oxygen atoms in total. The molecule has 0 heterocycles. The van der Waals surface area contributed by atoms with E-state index < -0.39 is 0 Å². The Balaban J connectivity index is 1.92. The van der Waals surface area contributed by atoms with Crippen molar-refractivity contribution in [1.29, 1.82) is 0 Å². The molecule has 0 amide bonds. The zero-order chi connectivity index (χ0) is 13.0. The second kappa shape index (κ2) is 6.21. The first-order chi connectivity index (χ1) is 8.70. The molecule has 1 saturated carbocycles. The fourth-order valence-corrected chi connectivity index (χ4v) is 1.90. The molecule has 1 N–H and O–H groups in total. The van der Waals surface area contributed by atoms with E-state index in [9.17, 15) is 0 Å². The lowest BCUT2D eigenvalue weighted by Gasteiger charge is -2.17. The quantitative estimate of drug-likeness (QED) is 0.595. The Kier molecular flexibility index (Phi) is 4.61. The van der Waals surface area contributed by atoms with E-state index in [1.807, 2.05) is 13.1 Å². The van der Waals surface area contributed by atoms with Gasteiger partial charge in [-0.3, -0.25) is 0 Å². The monoisotopic (exact) mass is 249 g/mol. The van der Waals surface area contributed by atoms with Gasteiger partial charge < -0.3 is 14.8 Å². The molecule has 18 heavy (non-hydrogen) atoms. The third-order valence-corrected chi connectivity index (χ3v) is 3.41. The van der Waals surface area contributed by atoms with Crippen LogP contribution in [0.3, 0.4) is 0 Å². The third-order valence-electron chi connectivity index (χ3n) is 3.41. The molecule has 1 fully saturated rings. The summed E-state index contributed by atoms with van der Waals surface area (Å²) in [5.74, 6) is 1.69. The van der Waals surface area contributed by atoms with E-state index in [1.54, 1.807) is 0 Å². The second-order valence-corrected chi connectivity index (χ2v) is 5.13. The number of hydrogen-bond acceptors (Lipinski definition) is 3. The van der Waals surface area contributed by atoms with Crippen LogP contribution < -0.4 is 10.1 Å². The van der Waals surface area contributed by atoms with Gasteiger partial charge in [0.2, 0.25) is 0 Å². The Labute approximate surface area is 109 Å². The molecule has 1 aliphatic rings. The number of aryl methyl sites for hydroxylation is 1. The standard InChI is InChI=1S/C15H23NO2/c1-11-4-7-15(14(8-11)12(2)16-3)18-10-17-9-13-5-6-13/h4,7-8,12-13,16H,5-6,9-10H2,1-3H3. The zero-order valence-corrected chi connectivity index (χ0v) is 11.5. The van der Waals surface area contributed by atoms with Crippen LogP contribution in [0.4, 0.5) is 0 Å². The topological polar surface area (TPSA) is 30.5 Å². The summed E-state index contributed by atoms with van der Waals surface area (Å²) in [6.07, 6.45) is 2.62. The van der Waals surface area contributed by atoms with Gasteiger partial charge in [0, 0.05) is 11.6 Å². The summed E-state index contributed by atoms with van der Waals surface area (Å²) in [6, 6.07) is 6.54. The molecule has 1 aromatic carbocycles. The minimum atomic E-state index is 0.281. The van der Waals surface area contributed by atoms with E-state index >= 15 is 0 Å². The highest BCUT2D eigenvalue weighted by Gasteiger charge is 2.21. The number of nitrogens with one attached hydrogen (secondary N) is 1. The molecule has 1 unspecified atom stereocenters. The van der Waals surface area contributed by atoms with Gasteiger partial charge in [0.15, 0.2) is 6.79 Å². The van der Waals surface area contributed by atoms with Crippen LogP contribution in [0.2, 0.25) is 0 Å². The van der Waals surface area contributed by atoms with Crippen LogP contribution in [0.15, 0.2) is 18.2 Å². The van der Waals surface area contributed by atoms with Crippen LogP contribution in [-0.4, -0.2) is 20.4 Å². The molecule has 2 rings (SSSR count). The van der Waals surface area contributed by atoms with Crippen molar-refractivity contribution < 1.29 is 9.47 Å². The fourth-order valence-electron chi connectivity index (χ4n) is 1.90. The first-order valence-electron chi connectivity index (χ1n) is 6.69. The summed E-state index contributed by atoms with van der Waals surface area (Å²) in [4.78, 5) is 0. The summed E-state index contributed by atoms with van der Waals surface area (Å²) in [5, 5.41) is 3.25. The average molecular weight is 249 g/mol. The first kappa shape index (κ1) is 13.4. The van der Waals surface area contributed by atoms with Gasteiger partial charge in [0.25, 0.3) is 0 Å². The Morgan fingerprint density at radius 2 is 2.17 bits per heavy atom.